The molecule has 1 heterocycles. The number of methoxy groups -OCH3 is 1. The Balaban J connectivity index is 2.90. The Morgan fingerprint density at radius 1 is 1.56 bits per heavy atom. The first-order valence-corrected chi connectivity index (χ1v) is 6.33. The van der Waals surface area contributed by atoms with E-state index in [2.05, 4.69) is 15.9 Å². The van der Waals surface area contributed by atoms with Gasteiger partial charge in [0.15, 0.2) is 5.58 Å². The van der Waals surface area contributed by atoms with Crippen molar-refractivity contribution in [3.63, 3.8) is 0 Å². The van der Waals surface area contributed by atoms with Crippen molar-refractivity contribution >= 4 is 56.1 Å². The molecule has 0 atom stereocenters. The lowest BCUT2D eigenvalue weighted by Gasteiger charge is -2.02. The molecule has 0 radical (unpaired) electrons. The fraction of sp³-hybridized carbons (Fsp3) is 0.182. The molecule has 0 amide bonds. The molecule has 0 fully saturated rings. The van der Waals surface area contributed by atoms with Crippen LogP contribution >= 0.6 is 39.1 Å². The predicted octanol–water partition coefficient (Wildman–Crippen LogP) is 4.35. The number of carboxylic acid groups (broad SMARTS) is 1. The standard InChI is InChI=1S/C11H7BrCl2O4/c1-17-3-4-7-8(14)5(12)2-6(13)10(7)18-9(4)11(15)16/h2H,3H2,1H3,(H,15,16). The number of carboxylic acids is 1. The van der Waals surface area contributed by atoms with Crippen LogP contribution in [0.4, 0.5) is 0 Å². The second-order valence-corrected chi connectivity index (χ2v) is 5.15. The van der Waals surface area contributed by atoms with Gasteiger partial charge in [-0.05, 0) is 22.0 Å². The van der Waals surface area contributed by atoms with E-state index in [4.69, 9.17) is 37.5 Å². The molecule has 1 N–H and O–H groups in total. The van der Waals surface area contributed by atoms with E-state index in [-0.39, 0.29) is 23.0 Å². The molecule has 2 aromatic rings. The number of ether oxygens (including phenoxy) is 1. The van der Waals surface area contributed by atoms with Crippen LogP contribution in [0.3, 0.4) is 0 Å². The van der Waals surface area contributed by atoms with Gasteiger partial charge < -0.3 is 14.3 Å². The first-order valence-electron chi connectivity index (χ1n) is 4.78. The maximum atomic E-state index is 11.1. The molecule has 2 rings (SSSR count). The summed E-state index contributed by atoms with van der Waals surface area (Å²) in [7, 11) is 1.46. The molecule has 0 unspecified atom stereocenters. The minimum absolute atomic E-state index is 0.0706. The number of aromatic carboxylic acids is 1. The number of furan rings is 1. The van der Waals surface area contributed by atoms with Crippen molar-refractivity contribution in [1.82, 2.24) is 0 Å². The highest BCUT2D eigenvalue weighted by molar-refractivity contribution is 9.10. The lowest BCUT2D eigenvalue weighted by atomic mass is 10.1. The molecule has 1 aromatic heterocycles. The second kappa shape index (κ2) is 5.09. The van der Waals surface area contributed by atoms with Crippen molar-refractivity contribution in [1.29, 1.82) is 0 Å². The van der Waals surface area contributed by atoms with E-state index in [0.29, 0.717) is 20.4 Å². The van der Waals surface area contributed by atoms with Gasteiger partial charge in [-0.1, -0.05) is 23.2 Å². The highest BCUT2D eigenvalue weighted by Gasteiger charge is 2.24. The Bertz CT molecular complexity index is 636. The minimum atomic E-state index is -1.19. The number of benzene rings is 1. The number of halogens is 3. The Hall–Kier alpha value is -0.750. The van der Waals surface area contributed by atoms with Crippen LogP contribution < -0.4 is 0 Å². The zero-order valence-corrected chi connectivity index (χ0v) is 12.2. The molecule has 18 heavy (non-hydrogen) atoms. The highest BCUT2D eigenvalue weighted by Crippen LogP contribution is 2.41. The van der Waals surface area contributed by atoms with Crippen molar-refractivity contribution in [2.45, 2.75) is 6.61 Å². The molecule has 4 nitrogen and oxygen atoms in total. The van der Waals surface area contributed by atoms with Gasteiger partial charge in [0, 0.05) is 22.5 Å². The number of fused-ring (bicyclic) bond motifs is 1. The van der Waals surface area contributed by atoms with Crippen LogP contribution in [0, 0.1) is 0 Å². The Morgan fingerprint density at radius 2 is 2.22 bits per heavy atom. The number of carbonyl (C=O) groups is 1. The molecule has 1 aromatic carbocycles. The van der Waals surface area contributed by atoms with Crippen molar-refractivity contribution in [2.24, 2.45) is 0 Å². The Morgan fingerprint density at radius 3 is 2.78 bits per heavy atom. The molecule has 0 aliphatic carbocycles. The second-order valence-electron chi connectivity index (χ2n) is 3.51. The third-order valence-electron chi connectivity index (χ3n) is 2.39. The van der Waals surface area contributed by atoms with E-state index in [1.807, 2.05) is 0 Å². The van der Waals surface area contributed by atoms with Crippen LogP contribution in [0.15, 0.2) is 15.0 Å². The summed E-state index contributed by atoms with van der Waals surface area (Å²) in [6, 6.07) is 1.55. The molecule has 0 aliphatic heterocycles. The number of hydrogen-bond acceptors (Lipinski definition) is 3. The van der Waals surface area contributed by atoms with Gasteiger partial charge in [0.25, 0.3) is 0 Å². The Kier molecular flexibility index (Phi) is 3.87. The van der Waals surface area contributed by atoms with Crippen LogP contribution in [0.25, 0.3) is 11.0 Å². The van der Waals surface area contributed by atoms with Gasteiger partial charge in [0.2, 0.25) is 5.76 Å². The monoisotopic (exact) mass is 352 g/mol. The van der Waals surface area contributed by atoms with Crippen molar-refractivity contribution in [2.75, 3.05) is 7.11 Å². The van der Waals surface area contributed by atoms with Gasteiger partial charge in [0.05, 0.1) is 16.7 Å². The van der Waals surface area contributed by atoms with Gasteiger partial charge in [-0.3, -0.25) is 0 Å². The van der Waals surface area contributed by atoms with Crippen LogP contribution in [0.1, 0.15) is 16.1 Å². The maximum absolute atomic E-state index is 11.1. The summed E-state index contributed by atoms with van der Waals surface area (Å²) in [5.74, 6) is -1.41. The van der Waals surface area contributed by atoms with E-state index in [0.717, 1.165) is 0 Å². The van der Waals surface area contributed by atoms with E-state index < -0.39 is 5.97 Å². The molecule has 0 bridgehead atoms. The summed E-state index contributed by atoms with van der Waals surface area (Å²) >= 11 is 15.4. The normalized spacial score (nSPS) is 11.1. The first-order chi connectivity index (χ1) is 8.47. The number of hydrogen-bond donors (Lipinski definition) is 1. The van der Waals surface area contributed by atoms with Gasteiger partial charge in [0.1, 0.15) is 0 Å². The zero-order valence-electron chi connectivity index (χ0n) is 9.09. The van der Waals surface area contributed by atoms with E-state index in [1.54, 1.807) is 6.07 Å². The SMILES string of the molecule is COCc1c(C(=O)O)oc2c(Cl)cc(Br)c(Cl)c12. The van der Waals surface area contributed by atoms with Crippen LogP contribution in [0.2, 0.25) is 10.0 Å². The fourth-order valence-electron chi connectivity index (χ4n) is 1.68. The smallest absolute Gasteiger partial charge is 0.372 e. The van der Waals surface area contributed by atoms with Gasteiger partial charge in [-0.15, -0.1) is 0 Å². The molecule has 96 valence electrons. The van der Waals surface area contributed by atoms with Crippen LogP contribution in [-0.2, 0) is 11.3 Å². The summed E-state index contributed by atoms with van der Waals surface area (Å²) < 4.78 is 10.8. The fourth-order valence-corrected chi connectivity index (χ4v) is 2.74. The summed E-state index contributed by atoms with van der Waals surface area (Å²) in [5.41, 5.74) is 0.613. The first kappa shape index (κ1) is 13.7. The minimum Gasteiger partial charge on any atom is -0.475 e. The zero-order chi connectivity index (χ0) is 13.4. The summed E-state index contributed by atoms with van der Waals surface area (Å²) in [4.78, 5) is 11.1. The van der Waals surface area contributed by atoms with Crippen LogP contribution in [0.5, 0.6) is 0 Å². The van der Waals surface area contributed by atoms with E-state index >= 15 is 0 Å². The lowest BCUT2D eigenvalue weighted by molar-refractivity contribution is 0.0658. The number of rotatable bonds is 3. The van der Waals surface area contributed by atoms with Crippen molar-refractivity contribution < 1.29 is 19.1 Å². The largest absolute Gasteiger partial charge is 0.475 e. The molecule has 0 saturated carbocycles. The third kappa shape index (κ3) is 2.12. The quantitative estimate of drug-likeness (QED) is 0.833. The van der Waals surface area contributed by atoms with Gasteiger partial charge in [-0.25, -0.2) is 4.79 Å². The van der Waals surface area contributed by atoms with Crippen molar-refractivity contribution in [3.8, 4) is 0 Å². The molecule has 0 saturated heterocycles. The molecular formula is C11H7BrCl2O4. The molecular weight excluding hydrogens is 347 g/mol. The third-order valence-corrected chi connectivity index (χ3v) is 3.92. The van der Waals surface area contributed by atoms with E-state index in [9.17, 15) is 4.79 Å². The van der Waals surface area contributed by atoms with E-state index in [1.165, 1.54) is 7.11 Å². The highest BCUT2D eigenvalue weighted by atomic mass is 79.9. The topological polar surface area (TPSA) is 59.7 Å². The summed E-state index contributed by atoms with van der Waals surface area (Å²) in [6.07, 6.45) is 0. The van der Waals surface area contributed by atoms with Gasteiger partial charge in [-0.2, -0.15) is 0 Å². The van der Waals surface area contributed by atoms with Crippen LogP contribution in [-0.4, -0.2) is 18.2 Å². The maximum Gasteiger partial charge on any atom is 0.372 e. The Labute approximate surface area is 121 Å². The summed E-state index contributed by atoms with van der Waals surface area (Å²) in [6.45, 7) is 0.0706. The lowest BCUT2D eigenvalue weighted by Crippen LogP contribution is -2.00. The van der Waals surface area contributed by atoms with Gasteiger partial charge >= 0.3 is 5.97 Å². The molecule has 0 spiro atoms. The summed E-state index contributed by atoms with van der Waals surface area (Å²) in [5, 5.41) is 10.2. The molecule has 0 aliphatic rings. The average molecular weight is 354 g/mol. The predicted molar refractivity (Wildman–Crippen MR) is 71.6 cm³/mol. The molecule has 7 heteroatoms. The van der Waals surface area contributed by atoms with Crippen molar-refractivity contribution in [3.05, 3.63) is 31.9 Å². The average Bonchev–Trinajstić information content (AvgIpc) is 2.67.